The van der Waals surface area contributed by atoms with Crippen LogP contribution in [0.3, 0.4) is 0 Å². The van der Waals surface area contributed by atoms with E-state index in [9.17, 15) is 14.7 Å². The number of nitrogens with zero attached hydrogens (tertiary/aromatic N) is 2. The van der Waals surface area contributed by atoms with Crippen LogP contribution in [0.15, 0.2) is 60.7 Å². The normalized spacial score (nSPS) is 25.1. The molecule has 2 aliphatic heterocycles. The molecule has 0 radical (unpaired) electrons. The molecule has 3 aliphatic rings. The quantitative estimate of drug-likeness (QED) is 0.815. The summed E-state index contributed by atoms with van der Waals surface area (Å²) in [5.74, 6) is -0.0394. The van der Waals surface area contributed by atoms with E-state index < -0.39 is 0 Å². The summed E-state index contributed by atoms with van der Waals surface area (Å²) in [5.41, 5.74) is 4.76. The van der Waals surface area contributed by atoms with Crippen molar-refractivity contribution in [3.05, 3.63) is 77.4 Å². The monoisotopic (exact) mass is 416 g/mol. The topological polar surface area (TPSA) is 60.9 Å². The molecule has 2 fully saturated rings. The number of rotatable bonds is 5. The zero-order chi connectivity index (χ0) is 21.4. The Hall–Kier alpha value is -2.92. The first-order valence-corrected chi connectivity index (χ1v) is 11.2. The van der Waals surface area contributed by atoms with Gasteiger partial charge in [-0.1, -0.05) is 60.7 Å². The van der Waals surface area contributed by atoms with Crippen molar-refractivity contribution >= 4 is 17.4 Å². The van der Waals surface area contributed by atoms with Crippen molar-refractivity contribution in [1.29, 1.82) is 0 Å². The molecule has 1 aliphatic carbocycles. The van der Waals surface area contributed by atoms with Gasteiger partial charge in [-0.15, -0.1) is 0 Å². The van der Waals surface area contributed by atoms with Crippen molar-refractivity contribution < 1.29 is 14.7 Å². The first-order chi connectivity index (χ1) is 15.2. The summed E-state index contributed by atoms with van der Waals surface area (Å²) in [6.45, 7) is 0.557. The minimum Gasteiger partial charge on any atom is -0.394 e. The fourth-order valence-electron chi connectivity index (χ4n) is 5.42. The maximum atomic E-state index is 12.9. The van der Waals surface area contributed by atoms with E-state index in [4.69, 9.17) is 0 Å². The van der Waals surface area contributed by atoms with Gasteiger partial charge in [-0.05, 0) is 41.5 Å². The Morgan fingerprint density at radius 2 is 1.84 bits per heavy atom. The van der Waals surface area contributed by atoms with Gasteiger partial charge in [-0.2, -0.15) is 0 Å². The number of hydrogen-bond acceptors (Lipinski definition) is 3. The van der Waals surface area contributed by atoms with E-state index in [0.29, 0.717) is 13.0 Å². The number of amides is 2. The zero-order valence-electron chi connectivity index (χ0n) is 17.6. The van der Waals surface area contributed by atoms with Crippen LogP contribution in [0.1, 0.15) is 41.9 Å². The van der Waals surface area contributed by atoms with Crippen LogP contribution in [0.5, 0.6) is 0 Å². The van der Waals surface area contributed by atoms with Crippen molar-refractivity contribution in [3.8, 4) is 0 Å². The number of benzene rings is 2. The number of fused-ring (bicyclic) bond motifs is 1. The fraction of sp³-hybridized carbons (Fsp3) is 0.385. The van der Waals surface area contributed by atoms with E-state index >= 15 is 0 Å². The maximum Gasteiger partial charge on any atom is 0.242 e. The van der Waals surface area contributed by atoms with Gasteiger partial charge in [0.2, 0.25) is 11.8 Å². The molecule has 5 rings (SSSR count). The van der Waals surface area contributed by atoms with Crippen LogP contribution in [0, 0.1) is 0 Å². The van der Waals surface area contributed by atoms with Crippen molar-refractivity contribution in [2.45, 2.75) is 43.7 Å². The number of hydrogen-bond donors (Lipinski definition) is 1. The third kappa shape index (κ3) is 3.68. The SMILES string of the molecule is O=C(Cc1ccccc1)N1CC(=O)N2[C@H](C1)[C@@H](c1ccc(C3=CCCC3)cc1)[C@@H]2CO. The highest BCUT2D eigenvalue weighted by Gasteiger charge is 2.54. The van der Waals surface area contributed by atoms with Crippen molar-refractivity contribution in [2.75, 3.05) is 19.7 Å². The van der Waals surface area contributed by atoms with Crippen LogP contribution < -0.4 is 0 Å². The molecule has 0 saturated carbocycles. The van der Waals surface area contributed by atoms with E-state index in [-0.39, 0.29) is 43.0 Å². The second-order valence-electron chi connectivity index (χ2n) is 8.82. The Kier molecular flexibility index (Phi) is 5.36. The molecule has 0 spiro atoms. The number of piperazine rings is 1. The van der Waals surface area contributed by atoms with Gasteiger partial charge in [0.25, 0.3) is 0 Å². The molecule has 160 valence electrons. The van der Waals surface area contributed by atoms with Gasteiger partial charge < -0.3 is 14.9 Å². The lowest BCUT2D eigenvalue weighted by atomic mass is 9.73. The van der Waals surface area contributed by atoms with Crippen LogP contribution in [0.25, 0.3) is 5.57 Å². The molecule has 2 amide bonds. The molecule has 31 heavy (non-hydrogen) atoms. The summed E-state index contributed by atoms with van der Waals surface area (Å²) in [6, 6.07) is 17.9. The van der Waals surface area contributed by atoms with E-state index in [1.165, 1.54) is 17.6 Å². The molecule has 0 aromatic heterocycles. The molecule has 0 bridgehead atoms. The molecular weight excluding hydrogens is 388 g/mol. The molecule has 0 unspecified atom stereocenters. The largest absolute Gasteiger partial charge is 0.394 e. The lowest BCUT2D eigenvalue weighted by Crippen LogP contribution is -2.73. The molecular formula is C26H28N2O3. The molecule has 2 heterocycles. The van der Waals surface area contributed by atoms with Crippen molar-refractivity contribution in [2.24, 2.45) is 0 Å². The van der Waals surface area contributed by atoms with Gasteiger partial charge in [0, 0.05) is 12.5 Å². The summed E-state index contributed by atoms with van der Waals surface area (Å²) < 4.78 is 0. The molecule has 2 aromatic rings. The summed E-state index contributed by atoms with van der Waals surface area (Å²) in [5, 5.41) is 9.99. The van der Waals surface area contributed by atoms with Crippen molar-refractivity contribution in [1.82, 2.24) is 9.80 Å². The Balaban J connectivity index is 1.33. The first-order valence-electron chi connectivity index (χ1n) is 11.2. The molecule has 1 N–H and O–H groups in total. The van der Waals surface area contributed by atoms with Gasteiger partial charge in [0.15, 0.2) is 0 Å². The summed E-state index contributed by atoms with van der Waals surface area (Å²) >= 11 is 0. The van der Waals surface area contributed by atoms with Crippen LogP contribution in [0.4, 0.5) is 0 Å². The average molecular weight is 417 g/mol. The Morgan fingerprint density at radius 1 is 1.06 bits per heavy atom. The summed E-state index contributed by atoms with van der Waals surface area (Å²) in [6.07, 6.45) is 6.12. The maximum absolute atomic E-state index is 12.9. The van der Waals surface area contributed by atoms with E-state index in [1.54, 1.807) is 9.80 Å². The lowest BCUT2D eigenvalue weighted by Gasteiger charge is -2.58. The van der Waals surface area contributed by atoms with Crippen LogP contribution in [-0.4, -0.2) is 58.5 Å². The Labute approximate surface area is 183 Å². The predicted molar refractivity (Wildman–Crippen MR) is 119 cm³/mol. The molecule has 3 atom stereocenters. The Morgan fingerprint density at radius 3 is 2.52 bits per heavy atom. The zero-order valence-corrected chi connectivity index (χ0v) is 17.6. The minimum atomic E-state index is -0.208. The fourth-order valence-corrected chi connectivity index (χ4v) is 5.42. The molecule has 5 nitrogen and oxygen atoms in total. The van der Waals surface area contributed by atoms with E-state index in [0.717, 1.165) is 24.0 Å². The first kappa shape index (κ1) is 20.0. The third-order valence-electron chi connectivity index (χ3n) is 7.01. The molecule has 2 aromatic carbocycles. The predicted octanol–water partition coefficient (Wildman–Crippen LogP) is 2.99. The molecule has 5 heteroatoms. The van der Waals surface area contributed by atoms with Crippen LogP contribution in [0.2, 0.25) is 0 Å². The summed E-state index contributed by atoms with van der Waals surface area (Å²) in [4.78, 5) is 29.2. The number of allylic oxidation sites excluding steroid dienone is 2. The van der Waals surface area contributed by atoms with Crippen molar-refractivity contribution in [3.63, 3.8) is 0 Å². The third-order valence-corrected chi connectivity index (χ3v) is 7.01. The van der Waals surface area contributed by atoms with Gasteiger partial charge in [-0.25, -0.2) is 0 Å². The van der Waals surface area contributed by atoms with Crippen LogP contribution >= 0.6 is 0 Å². The number of aliphatic hydroxyl groups excluding tert-OH is 1. The average Bonchev–Trinajstić information content (AvgIpc) is 3.31. The standard InChI is InChI=1S/C26H28N2O3/c29-17-23-26(21-12-10-20(11-13-21)19-8-4-5-9-19)22-15-27(16-25(31)28(22)23)24(30)14-18-6-2-1-3-7-18/h1-3,6-8,10-13,22-23,26,29H,4-5,9,14-17H2/t22-,23+,26-/m1/s1. The second kappa shape index (κ2) is 8.31. The highest BCUT2D eigenvalue weighted by atomic mass is 16.3. The number of carbonyl (C=O) groups is 2. The van der Waals surface area contributed by atoms with Gasteiger partial charge >= 0.3 is 0 Å². The second-order valence-corrected chi connectivity index (χ2v) is 8.82. The highest BCUT2D eigenvalue weighted by Crippen LogP contribution is 2.43. The van der Waals surface area contributed by atoms with Crippen LogP contribution in [-0.2, 0) is 16.0 Å². The highest BCUT2D eigenvalue weighted by molar-refractivity contribution is 5.88. The Bertz CT molecular complexity index is 999. The molecule has 2 saturated heterocycles. The lowest BCUT2D eigenvalue weighted by molar-refractivity contribution is -0.166. The smallest absolute Gasteiger partial charge is 0.242 e. The number of carbonyl (C=O) groups excluding carboxylic acids is 2. The van der Waals surface area contributed by atoms with E-state index in [2.05, 4.69) is 30.3 Å². The van der Waals surface area contributed by atoms with Gasteiger partial charge in [0.05, 0.1) is 31.7 Å². The summed E-state index contributed by atoms with van der Waals surface area (Å²) in [7, 11) is 0. The van der Waals surface area contributed by atoms with Gasteiger partial charge in [-0.3, -0.25) is 9.59 Å². The van der Waals surface area contributed by atoms with Gasteiger partial charge in [0.1, 0.15) is 0 Å². The number of aliphatic hydroxyl groups is 1. The minimum absolute atomic E-state index is 0.0195. The van der Waals surface area contributed by atoms with E-state index in [1.807, 2.05) is 30.3 Å².